The van der Waals surface area contributed by atoms with Crippen LogP contribution in [0.5, 0.6) is 0 Å². The van der Waals surface area contributed by atoms with Gasteiger partial charge in [0, 0.05) is 5.75 Å². The number of hydrogen-bond acceptors (Lipinski definition) is 4. The number of thioether (sulfide) groups is 1. The van der Waals surface area contributed by atoms with Gasteiger partial charge in [0.15, 0.2) is 5.17 Å². The van der Waals surface area contributed by atoms with Gasteiger partial charge in [0.2, 0.25) is 0 Å². The smallest absolute Gasteiger partial charge is 0.336 e. The zero-order valence-electron chi connectivity index (χ0n) is 8.84. The Labute approximate surface area is 102 Å². The lowest BCUT2D eigenvalue weighted by Gasteiger charge is -2.06. The molecule has 2 N–H and O–H groups in total. The van der Waals surface area contributed by atoms with Crippen molar-refractivity contribution in [3.8, 4) is 0 Å². The number of aliphatic imine (C=N–C) groups is 1. The van der Waals surface area contributed by atoms with Crippen molar-refractivity contribution in [3.05, 3.63) is 35.4 Å². The lowest BCUT2D eigenvalue weighted by molar-refractivity contribution is 0.0691. The van der Waals surface area contributed by atoms with Crippen LogP contribution in [0.1, 0.15) is 20.7 Å². The molecular weight excluding hydrogens is 240 g/mol. The second-order valence-electron chi connectivity index (χ2n) is 3.34. The molecule has 0 fully saturated rings. The van der Waals surface area contributed by atoms with E-state index in [-0.39, 0.29) is 11.1 Å². The van der Waals surface area contributed by atoms with Gasteiger partial charge < -0.3 is 10.4 Å². The molecule has 0 aliphatic carbocycles. The Bertz CT molecular complexity index is 499. The number of nitrogens with one attached hydrogen (secondary N) is 1. The van der Waals surface area contributed by atoms with Crippen molar-refractivity contribution in [2.45, 2.75) is 0 Å². The summed E-state index contributed by atoms with van der Waals surface area (Å²) in [6.07, 6.45) is 0. The van der Waals surface area contributed by atoms with E-state index >= 15 is 0 Å². The maximum atomic E-state index is 11.9. The molecule has 1 amide bonds. The van der Waals surface area contributed by atoms with Crippen LogP contribution in [0.25, 0.3) is 0 Å². The molecular formula is C11H10N2O3S. The van der Waals surface area contributed by atoms with E-state index in [1.54, 1.807) is 12.1 Å². The van der Waals surface area contributed by atoms with Crippen molar-refractivity contribution in [1.82, 2.24) is 5.32 Å². The Hall–Kier alpha value is -1.82. The Kier molecular flexibility index (Phi) is 3.43. The molecule has 5 nitrogen and oxygen atoms in total. The number of benzene rings is 1. The normalized spacial score (nSPS) is 14.2. The molecule has 1 aromatic rings. The minimum Gasteiger partial charge on any atom is -0.478 e. The first kappa shape index (κ1) is 11.7. The average molecular weight is 250 g/mol. The topological polar surface area (TPSA) is 78.8 Å². The highest BCUT2D eigenvalue weighted by atomic mass is 32.2. The molecule has 17 heavy (non-hydrogen) atoms. The summed E-state index contributed by atoms with van der Waals surface area (Å²) in [5.74, 6) is -0.705. The molecule has 1 aromatic carbocycles. The molecule has 0 unspecified atom stereocenters. The molecule has 0 saturated heterocycles. The quantitative estimate of drug-likeness (QED) is 0.827. The predicted octanol–water partition coefficient (Wildman–Crippen LogP) is 1.22. The molecule has 1 aliphatic rings. The highest BCUT2D eigenvalue weighted by Gasteiger charge is 2.18. The summed E-state index contributed by atoms with van der Waals surface area (Å²) in [5.41, 5.74) is 0.142. The standard InChI is InChI=1S/C11H10N2O3S/c14-9(13-11-12-5-6-17-11)7-3-1-2-4-8(7)10(15)16/h1-4H,5-6H2,(H,15,16)(H,12,13,14). The molecule has 0 aromatic heterocycles. The SMILES string of the molecule is O=C(O)c1ccccc1C(=O)NC1=NCCS1. The predicted molar refractivity (Wildman–Crippen MR) is 65.6 cm³/mol. The van der Waals surface area contributed by atoms with Crippen LogP contribution in [-0.4, -0.2) is 34.4 Å². The fraction of sp³-hybridized carbons (Fsp3) is 0.182. The van der Waals surface area contributed by atoms with Crippen molar-refractivity contribution in [1.29, 1.82) is 0 Å². The molecule has 2 rings (SSSR count). The Morgan fingerprint density at radius 1 is 1.29 bits per heavy atom. The summed E-state index contributed by atoms with van der Waals surface area (Å²) in [6.45, 7) is 0.681. The van der Waals surface area contributed by atoms with Crippen LogP contribution in [0.3, 0.4) is 0 Å². The fourth-order valence-corrected chi connectivity index (χ4v) is 2.17. The maximum absolute atomic E-state index is 11.9. The van der Waals surface area contributed by atoms with Gasteiger partial charge in [-0.1, -0.05) is 23.9 Å². The van der Waals surface area contributed by atoms with E-state index in [4.69, 9.17) is 5.11 Å². The first-order valence-electron chi connectivity index (χ1n) is 4.99. The molecule has 0 atom stereocenters. The van der Waals surface area contributed by atoms with Crippen molar-refractivity contribution in [2.24, 2.45) is 4.99 Å². The van der Waals surface area contributed by atoms with Crippen LogP contribution in [0.4, 0.5) is 0 Å². The third kappa shape index (κ3) is 2.65. The van der Waals surface area contributed by atoms with Crippen molar-refractivity contribution >= 4 is 28.8 Å². The van der Waals surface area contributed by atoms with Gasteiger partial charge in [-0.3, -0.25) is 9.79 Å². The number of amides is 1. The summed E-state index contributed by atoms with van der Waals surface area (Å²) in [7, 11) is 0. The molecule has 0 saturated carbocycles. The van der Waals surface area contributed by atoms with E-state index in [0.717, 1.165) is 5.75 Å². The number of aromatic carboxylic acids is 1. The zero-order chi connectivity index (χ0) is 12.3. The first-order valence-corrected chi connectivity index (χ1v) is 5.98. The molecule has 1 heterocycles. The van der Waals surface area contributed by atoms with Gasteiger partial charge >= 0.3 is 5.97 Å². The number of carboxylic acid groups (broad SMARTS) is 1. The second-order valence-corrected chi connectivity index (χ2v) is 4.42. The van der Waals surface area contributed by atoms with Gasteiger partial charge in [-0.05, 0) is 12.1 Å². The summed E-state index contributed by atoms with van der Waals surface area (Å²) in [4.78, 5) is 26.9. The van der Waals surface area contributed by atoms with Gasteiger partial charge in [0.05, 0.1) is 17.7 Å². The van der Waals surface area contributed by atoms with E-state index < -0.39 is 11.9 Å². The van der Waals surface area contributed by atoms with E-state index in [2.05, 4.69) is 10.3 Å². The lowest BCUT2D eigenvalue weighted by Crippen LogP contribution is -2.28. The lowest BCUT2D eigenvalue weighted by atomic mass is 10.1. The number of hydrogen-bond donors (Lipinski definition) is 2. The first-order chi connectivity index (χ1) is 8.18. The number of amidine groups is 1. The van der Waals surface area contributed by atoms with Gasteiger partial charge in [0.25, 0.3) is 5.91 Å². The van der Waals surface area contributed by atoms with Gasteiger partial charge in [0.1, 0.15) is 0 Å². The Morgan fingerprint density at radius 2 is 2.00 bits per heavy atom. The van der Waals surface area contributed by atoms with Crippen LogP contribution in [0.2, 0.25) is 0 Å². The third-order valence-corrected chi connectivity index (χ3v) is 3.10. The molecule has 6 heteroatoms. The van der Waals surface area contributed by atoms with Gasteiger partial charge in [-0.2, -0.15) is 0 Å². The van der Waals surface area contributed by atoms with Crippen LogP contribution >= 0.6 is 11.8 Å². The number of nitrogens with zero attached hydrogens (tertiary/aromatic N) is 1. The number of carboxylic acids is 1. The van der Waals surface area contributed by atoms with E-state index in [1.807, 2.05) is 0 Å². The largest absolute Gasteiger partial charge is 0.478 e. The van der Waals surface area contributed by atoms with Crippen LogP contribution in [0, 0.1) is 0 Å². The highest BCUT2D eigenvalue weighted by molar-refractivity contribution is 8.14. The minimum atomic E-state index is -1.11. The summed E-state index contributed by atoms with van der Waals surface area (Å²) in [5, 5.41) is 12.1. The summed E-state index contributed by atoms with van der Waals surface area (Å²) >= 11 is 1.45. The third-order valence-electron chi connectivity index (χ3n) is 2.21. The number of carbonyl (C=O) groups is 2. The van der Waals surface area contributed by atoms with E-state index in [9.17, 15) is 9.59 Å². The van der Waals surface area contributed by atoms with Crippen LogP contribution in [0.15, 0.2) is 29.3 Å². The van der Waals surface area contributed by atoms with Crippen LogP contribution < -0.4 is 5.32 Å². The van der Waals surface area contributed by atoms with Gasteiger partial charge in [-0.15, -0.1) is 0 Å². The number of carbonyl (C=O) groups excluding carboxylic acids is 1. The average Bonchev–Trinajstić information content (AvgIpc) is 2.81. The molecule has 0 bridgehead atoms. The Balaban J connectivity index is 2.21. The molecule has 0 radical (unpaired) electrons. The molecule has 0 spiro atoms. The van der Waals surface area contributed by atoms with Gasteiger partial charge in [-0.25, -0.2) is 4.79 Å². The molecule has 88 valence electrons. The highest BCUT2D eigenvalue weighted by Crippen LogP contribution is 2.12. The van der Waals surface area contributed by atoms with E-state index in [0.29, 0.717) is 11.7 Å². The zero-order valence-corrected chi connectivity index (χ0v) is 9.66. The van der Waals surface area contributed by atoms with Crippen molar-refractivity contribution < 1.29 is 14.7 Å². The summed E-state index contributed by atoms with van der Waals surface area (Å²) in [6, 6.07) is 6.10. The minimum absolute atomic E-state index is 0.00593. The van der Waals surface area contributed by atoms with E-state index in [1.165, 1.54) is 23.9 Å². The Morgan fingerprint density at radius 3 is 2.59 bits per heavy atom. The second kappa shape index (κ2) is 5.01. The van der Waals surface area contributed by atoms with Crippen molar-refractivity contribution in [2.75, 3.05) is 12.3 Å². The monoisotopic (exact) mass is 250 g/mol. The maximum Gasteiger partial charge on any atom is 0.336 e. The number of rotatable bonds is 2. The van der Waals surface area contributed by atoms with Crippen LogP contribution in [-0.2, 0) is 0 Å². The van der Waals surface area contributed by atoms with Crippen molar-refractivity contribution in [3.63, 3.8) is 0 Å². The molecule has 1 aliphatic heterocycles. The fourth-order valence-electron chi connectivity index (χ4n) is 1.44. The summed E-state index contributed by atoms with van der Waals surface area (Å²) < 4.78 is 0.